The van der Waals surface area contributed by atoms with Gasteiger partial charge in [0.2, 0.25) is 0 Å². The van der Waals surface area contributed by atoms with Crippen molar-refractivity contribution >= 4 is 43.5 Å². The maximum Gasteiger partial charge on any atom is 0.123 e. The molecule has 0 aliphatic rings. The fourth-order valence-electron chi connectivity index (χ4n) is 1.75. The summed E-state index contributed by atoms with van der Waals surface area (Å²) >= 11 is 13.3. The van der Waals surface area contributed by atoms with Crippen LogP contribution in [-0.4, -0.2) is 7.11 Å². The Morgan fingerprint density at radius 1 is 1.11 bits per heavy atom. The van der Waals surface area contributed by atoms with Crippen LogP contribution in [0.2, 0.25) is 5.02 Å². The highest BCUT2D eigenvalue weighted by Crippen LogP contribution is 2.40. The predicted molar refractivity (Wildman–Crippen MR) is 82.9 cm³/mol. The number of hydrogen-bond acceptors (Lipinski definition) is 1. The molecule has 0 aliphatic heterocycles. The van der Waals surface area contributed by atoms with Gasteiger partial charge in [-0.25, -0.2) is 0 Å². The van der Waals surface area contributed by atoms with Crippen LogP contribution in [-0.2, 0) is 0 Å². The molecule has 0 amide bonds. The lowest BCUT2D eigenvalue weighted by molar-refractivity contribution is 0.410. The van der Waals surface area contributed by atoms with Gasteiger partial charge in [-0.05, 0) is 29.8 Å². The molecule has 0 saturated carbocycles. The summed E-state index contributed by atoms with van der Waals surface area (Å²) in [4.78, 5) is 0.0294. The van der Waals surface area contributed by atoms with E-state index >= 15 is 0 Å². The number of methoxy groups -OCH3 is 1. The molecule has 0 heterocycles. The molecule has 4 heteroatoms. The van der Waals surface area contributed by atoms with Crippen LogP contribution in [0.4, 0.5) is 0 Å². The quantitative estimate of drug-likeness (QED) is 0.620. The summed E-state index contributed by atoms with van der Waals surface area (Å²) in [5, 5.41) is 0.697. The van der Waals surface area contributed by atoms with Crippen LogP contribution in [0.1, 0.15) is 16.0 Å². The van der Waals surface area contributed by atoms with Crippen molar-refractivity contribution in [3.05, 3.63) is 63.1 Å². The minimum Gasteiger partial charge on any atom is -0.496 e. The first-order valence-electron chi connectivity index (χ1n) is 5.35. The van der Waals surface area contributed by atoms with Crippen LogP contribution in [0, 0.1) is 0 Å². The molecule has 2 rings (SSSR count). The van der Waals surface area contributed by atoms with E-state index in [1.165, 1.54) is 0 Å². The molecule has 1 nitrogen and oxygen atoms in total. The lowest BCUT2D eigenvalue weighted by atomic mass is 10.0. The summed E-state index contributed by atoms with van der Waals surface area (Å²) in [7, 11) is 1.66. The van der Waals surface area contributed by atoms with Gasteiger partial charge in [0.15, 0.2) is 0 Å². The third kappa shape index (κ3) is 2.90. The van der Waals surface area contributed by atoms with Crippen molar-refractivity contribution in [3.8, 4) is 5.75 Å². The van der Waals surface area contributed by atoms with Crippen molar-refractivity contribution < 1.29 is 4.74 Å². The summed E-state index contributed by atoms with van der Waals surface area (Å²) in [6.07, 6.45) is 0. The number of hydrogen-bond donors (Lipinski definition) is 0. The molecule has 18 heavy (non-hydrogen) atoms. The van der Waals surface area contributed by atoms with Gasteiger partial charge in [0, 0.05) is 15.1 Å². The third-order valence-corrected chi connectivity index (χ3v) is 4.59. The summed E-state index contributed by atoms with van der Waals surface area (Å²) in [6.45, 7) is 0. The van der Waals surface area contributed by atoms with E-state index in [2.05, 4.69) is 37.9 Å². The van der Waals surface area contributed by atoms with Crippen LogP contribution in [0.25, 0.3) is 0 Å². The van der Waals surface area contributed by atoms with Gasteiger partial charge < -0.3 is 4.74 Å². The molecule has 0 fully saturated rings. The Kier molecular flexibility index (Phi) is 4.71. The van der Waals surface area contributed by atoms with Crippen molar-refractivity contribution in [2.24, 2.45) is 0 Å². The van der Waals surface area contributed by atoms with E-state index < -0.39 is 0 Å². The highest BCUT2D eigenvalue weighted by atomic mass is 79.9. The molecule has 0 N–H and O–H groups in total. The van der Waals surface area contributed by atoms with E-state index in [1.807, 2.05) is 36.4 Å². The number of ether oxygens (including phenoxy) is 1. The SMILES string of the molecule is COc1ccc(Cl)cc1C(Br)c1ccccc1Br. The summed E-state index contributed by atoms with van der Waals surface area (Å²) in [6, 6.07) is 13.7. The Hall–Kier alpha value is -0.510. The molecular formula is C14H11Br2ClO. The van der Waals surface area contributed by atoms with Crippen LogP contribution < -0.4 is 4.74 Å². The number of alkyl halides is 1. The highest BCUT2D eigenvalue weighted by Gasteiger charge is 2.17. The van der Waals surface area contributed by atoms with Gasteiger partial charge >= 0.3 is 0 Å². The Balaban J connectivity index is 2.48. The van der Waals surface area contributed by atoms with E-state index in [0.29, 0.717) is 5.02 Å². The van der Waals surface area contributed by atoms with Gasteiger partial charge in [-0.15, -0.1) is 0 Å². The van der Waals surface area contributed by atoms with Crippen molar-refractivity contribution in [2.45, 2.75) is 4.83 Å². The lowest BCUT2D eigenvalue weighted by Crippen LogP contribution is -1.98. The monoisotopic (exact) mass is 388 g/mol. The molecule has 0 aliphatic carbocycles. The lowest BCUT2D eigenvalue weighted by Gasteiger charge is -2.16. The normalized spacial score (nSPS) is 12.2. The molecule has 0 aromatic heterocycles. The van der Waals surface area contributed by atoms with Gasteiger partial charge in [-0.2, -0.15) is 0 Å². The maximum absolute atomic E-state index is 6.06. The van der Waals surface area contributed by atoms with E-state index in [0.717, 1.165) is 21.3 Å². The maximum atomic E-state index is 6.06. The van der Waals surface area contributed by atoms with Crippen LogP contribution >= 0.6 is 43.5 Å². The number of rotatable bonds is 3. The van der Waals surface area contributed by atoms with Crippen molar-refractivity contribution in [3.63, 3.8) is 0 Å². The zero-order chi connectivity index (χ0) is 13.1. The molecule has 2 aromatic carbocycles. The fourth-order valence-corrected chi connectivity index (χ4v) is 3.51. The third-order valence-electron chi connectivity index (χ3n) is 2.64. The van der Waals surface area contributed by atoms with Gasteiger partial charge in [-0.1, -0.05) is 61.7 Å². The second-order valence-corrected chi connectivity index (χ2v) is 5.98. The highest BCUT2D eigenvalue weighted by molar-refractivity contribution is 9.11. The van der Waals surface area contributed by atoms with E-state index in [4.69, 9.17) is 16.3 Å². The molecule has 94 valence electrons. The largest absolute Gasteiger partial charge is 0.496 e. The van der Waals surface area contributed by atoms with E-state index in [1.54, 1.807) is 7.11 Å². The molecular weight excluding hydrogens is 379 g/mol. The summed E-state index contributed by atoms with van der Waals surface area (Å²) in [5.74, 6) is 0.817. The standard InChI is InChI=1S/C14H11Br2ClO/c1-18-13-7-6-9(17)8-11(13)14(16)10-4-2-3-5-12(10)15/h2-8,14H,1H3. The zero-order valence-electron chi connectivity index (χ0n) is 9.66. The van der Waals surface area contributed by atoms with Crippen LogP contribution in [0.15, 0.2) is 46.9 Å². The van der Waals surface area contributed by atoms with E-state index in [-0.39, 0.29) is 4.83 Å². The first kappa shape index (κ1) is 13.9. The van der Waals surface area contributed by atoms with E-state index in [9.17, 15) is 0 Å². The first-order valence-corrected chi connectivity index (χ1v) is 7.44. The number of halogens is 3. The van der Waals surface area contributed by atoms with Crippen LogP contribution in [0.3, 0.4) is 0 Å². The van der Waals surface area contributed by atoms with Gasteiger partial charge in [-0.3, -0.25) is 0 Å². The zero-order valence-corrected chi connectivity index (χ0v) is 13.6. The second kappa shape index (κ2) is 6.09. The molecule has 0 saturated heterocycles. The minimum atomic E-state index is 0.0294. The Morgan fingerprint density at radius 3 is 2.50 bits per heavy atom. The Labute approximate surface area is 128 Å². The van der Waals surface area contributed by atoms with Gasteiger partial charge in [0.25, 0.3) is 0 Å². The van der Waals surface area contributed by atoms with Crippen molar-refractivity contribution in [2.75, 3.05) is 7.11 Å². The van der Waals surface area contributed by atoms with Gasteiger partial charge in [0.1, 0.15) is 5.75 Å². The fraction of sp³-hybridized carbons (Fsp3) is 0.143. The smallest absolute Gasteiger partial charge is 0.123 e. The first-order chi connectivity index (χ1) is 8.63. The topological polar surface area (TPSA) is 9.23 Å². The Bertz CT molecular complexity index is 557. The van der Waals surface area contributed by atoms with Crippen LogP contribution in [0.5, 0.6) is 5.75 Å². The summed E-state index contributed by atoms with van der Waals surface area (Å²) < 4.78 is 6.43. The average molecular weight is 391 g/mol. The molecule has 2 aromatic rings. The molecule has 0 spiro atoms. The van der Waals surface area contributed by atoms with Gasteiger partial charge in [0.05, 0.1) is 11.9 Å². The minimum absolute atomic E-state index is 0.0294. The van der Waals surface area contributed by atoms with Crippen molar-refractivity contribution in [1.82, 2.24) is 0 Å². The molecule has 1 atom stereocenters. The predicted octanol–water partition coefficient (Wildman–Crippen LogP) is 5.60. The molecule has 0 radical (unpaired) electrons. The Morgan fingerprint density at radius 2 is 1.83 bits per heavy atom. The summed E-state index contributed by atoms with van der Waals surface area (Å²) in [5.41, 5.74) is 2.15. The molecule has 0 bridgehead atoms. The van der Waals surface area contributed by atoms with Crippen molar-refractivity contribution in [1.29, 1.82) is 0 Å². The molecule has 1 unspecified atom stereocenters. The number of benzene rings is 2. The second-order valence-electron chi connectivity index (χ2n) is 3.77. The average Bonchev–Trinajstić information content (AvgIpc) is 2.38.